The lowest BCUT2D eigenvalue weighted by Gasteiger charge is -2.32. The molecule has 206 valence electrons. The molecule has 1 aromatic rings. The van der Waals surface area contributed by atoms with Crippen LogP contribution in [-0.2, 0) is 24.0 Å². The van der Waals surface area contributed by atoms with Gasteiger partial charge in [-0.3, -0.25) is 24.8 Å². The highest BCUT2D eigenvalue weighted by atomic mass is 16.8. The molecule has 2 rings (SSSR count). The minimum atomic E-state index is -0.770. The van der Waals surface area contributed by atoms with E-state index in [0.717, 1.165) is 18.4 Å². The molecular formula is C28H44N4O5. The van der Waals surface area contributed by atoms with Crippen LogP contribution in [0.1, 0.15) is 65.9 Å². The van der Waals surface area contributed by atoms with E-state index in [2.05, 4.69) is 10.9 Å². The summed E-state index contributed by atoms with van der Waals surface area (Å²) in [4.78, 5) is 45.2. The van der Waals surface area contributed by atoms with Crippen molar-refractivity contribution in [3.63, 3.8) is 0 Å². The average molecular weight is 517 g/mol. The number of hydrogen-bond acceptors (Lipinski definition) is 6. The monoisotopic (exact) mass is 516 g/mol. The van der Waals surface area contributed by atoms with Gasteiger partial charge in [0.2, 0.25) is 11.8 Å². The summed E-state index contributed by atoms with van der Waals surface area (Å²) >= 11 is 0. The first-order valence-corrected chi connectivity index (χ1v) is 13.3. The lowest BCUT2D eigenvalue weighted by Crippen LogP contribution is -2.56. The molecule has 37 heavy (non-hydrogen) atoms. The van der Waals surface area contributed by atoms with Gasteiger partial charge in [0, 0.05) is 19.6 Å². The van der Waals surface area contributed by atoms with Crippen LogP contribution in [0.4, 0.5) is 0 Å². The van der Waals surface area contributed by atoms with Gasteiger partial charge in [0.15, 0.2) is 6.29 Å². The first kappa shape index (κ1) is 30.5. The van der Waals surface area contributed by atoms with E-state index in [-0.39, 0.29) is 17.7 Å². The standard InChI is InChI=1S/C28H44N4O5/c1-19(2)18-32(28(35)21(5)29)30-27(34)25(20(3)4)23(15-11-14-22-12-7-6-8-13-22)26(33)31-37-24-16-9-10-17-36-24/h6-8,11-14,19-21,23-25H,9-10,15-18,29H2,1-5H3,(H,30,34)(H,31,33)/b14-11+/t21-,23+,24?,25-/m1/s1. The second-order valence-corrected chi connectivity index (χ2v) is 10.4. The Morgan fingerprint density at radius 2 is 1.81 bits per heavy atom. The Morgan fingerprint density at radius 1 is 1.11 bits per heavy atom. The van der Waals surface area contributed by atoms with Crippen LogP contribution in [0.3, 0.4) is 0 Å². The number of ether oxygens (including phenoxy) is 1. The maximum atomic E-state index is 13.6. The van der Waals surface area contributed by atoms with Crippen molar-refractivity contribution < 1.29 is 24.0 Å². The summed E-state index contributed by atoms with van der Waals surface area (Å²) in [5, 5.41) is 1.27. The van der Waals surface area contributed by atoms with Crippen molar-refractivity contribution in [3.05, 3.63) is 42.0 Å². The molecule has 1 saturated heterocycles. The van der Waals surface area contributed by atoms with Gasteiger partial charge in [-0.15, -0.1) is 0 Å². The molecule has 0 spiro atoms. The van der Waals surface area contributed by atoms with Crippen molar-refractivity contribution in [2.45, 2.75) is 72.6 Å². The third-order valence-electron chi connectivity index (χ3n) is 6.17. The number of hydroxylamine groups is 1. The number of nitrogens with zero attached hydrogens (tertiary/aromatic N) is 1. The number of carbonyl (C=O) groups is 3. The highest BCUT2D eigenvalue weighted by Crippen LogP contribution is 2.26. The average Bonchev–Trinajstić information content (AvgIpc) is 2.86. The van der Waals surface area contributed by atoms with E-state index in [0.29, 0.717) is 26.0 Å². The van der Waals surface area contributed by atoms with Crippen LogP contribution in [0.15, 0.2) is 36.4 Å². The normalized spacial score (nSPS) is 18.4. The lowest BCUT2D eigenvalue weighted by atomic mass is 9.80. The summed E-state index contributed by atoms with van der Waals surface area (Å²) in [6.45, 7) is 10.1. The predicted molar refractivity (Wildman–Crippen MR) is 143 cm³/mol. The zero-order valence-electron chi connectivity index (χ0n) is 22.8. The van der Waals surface area contributed by atoms with Crippen LogP contribution in [-0.4, -0.2) is 48.2 Å². The molecule has 4 atom stereocenters. The smallest absolute Gasteiger partial charge is 0.257 e. The third kappa shape index (κ3) is 10.3. The van der Waals surface area contributed by atoms with Crippen molar-refractivity contribution in [1.82, 2.24) is 15.9 Å². The molecule has 0 aromatic heterocycles. The van der Waals surface area contributed by atoms with Crippen molar-refractivity contribution >= 4 is 23.8 Å². The molecule has 1 fully saturated rings. The fraction of sp³-hybridized carbons (Fsp3) is 0.607. The van der Waals surface area contributed by atoms with E-state index in [1.54, 1.807) is 6.92 Å². The molecule has 0 radical (unpaired) electrons. The van der Waals surface area contributed by atoms with Crippen LogP contribution < -0.4 is 16.6 Å². The van der Waals surface area contributed by atoms with E-state index in [9.17, 15) is 14.4 Å². The van der Waals surface area contributed by atoms with Gasteiger partial charge < -0.3 is 10.5 Å². The highest BCUT2D eigenvalue weighted by molar-refractivity contribution is 5.90. The van der Waals surface area contributed by atoms with Gasteiger partial charge in [-0.05, 0) is 43.6 Å². The summed E-state index contributed by atoms with van der Waals surface area (Å²) < 4.78 is 5.55. The fourth-order valence-corrected chi connectivity index (χ4v) is 4.29. The second kappa shape index (κ2) is 15.5. The molecule has 1 aliphatic heterocycles. The molecule has 0 saturated carbocycles. The lowest BCUT2D eigenvalue weighted by molar-refractivity contribution is -0.203. The van der Waals surface area contributed by atoms with Crippen molar-refractivity contribution in [2.75, 3.05) is 13.2 Å². The molecule has 0 bridgehead atoms. The van der Waals surface area contributed by atoms with Gasteiger partial charge in [-0.25, -0.2) is 10.3 Å². The fourth-order valence-electron chi connectivity index (χ4n) is 4.29. The summed E-state index contributed by atoms with van der Waals surface area (Å²) in [5.74, 6) is -2.76. The number of benzene rings is 1. The first-order chi connectivity index (χ1) is 17.6. The van der Waals surface area contributed by atoms with E-state index >= 15 is 0 Å². The topological polar surface area (TPSA) is 123 Å². The molecule has 1 heterocycles. The summed E-state index contributed by atoms with van der Waals surface area (Å²) in [7, 11) is 0. The van der Waals surface area contributed by atoms with Crippen LogP contribution in [0.25, 0.3) is 6.08 Å². The molecule has 1 unspecified atom stereocenters. The van der Waals surface area contributed by atoms with Gasteiger partial charge in [-0.2, -0.15) is 0 Å². The largest absolute Gasteiger partial charge is 0.350 e. The number of hydrogen-bond donors (Lipinski definition) is 3. The number of nitrogens with two attached hydrogens (primary N) is 1. The van der Waals surface area contributed by atoms with Crippen LogP contribution >= 0.6 is 0 Å². The molecule has 9 nitrogen and oxygen atoms in total. The Bertz CT molecular complexity index is 882. The van der Waals surface area contributed by atoms with Gasteiger partial charge in [-0.1, -0.05) is 70.2 Å². The van der Waals surface area contributed by atoms with E-state index in [1.165, 1.54) is 5.01 Å². The van der Waals surface area contributed by atoms with Crippen molar-refractivity contribution in [2.24, 2.45) is 29.4 Å². The van der Waals surface area contributed by atoms with Gasteiger partial charge >= 0.3 is 0 Å². The van der Waals surface area contributed by atoms with Crippen molar-refractivity contribution in [1.29, 1.82) is 0 Å². The van der Waals surface area contributed by atoms with Crippen LogP contribution in [0.5, 0.6) is 0 Å². The maximum absolute atomic E-state index is 13.6. The zero-order valence-corrected chi connectivity index (χ0v) is 22.8. The zero-order chi connectivity index (χ0) is 27.4. The Hall–Kier alpha value is -2.75. The van der Waals surface area contributed by atoms with Crippen LogP contribution in [0.2, 0.25) is 0 Å². The molecular weight excluding hydrogens is 472 g/mol. The molecule has 0 aliphatic carbocycles. The van der Waals surface area contributed by atoms with Gasteiger partial charge in [0.1, 0.15) is 0 Å². The molecule has 3 amide bonds. The van der Waals surface area contributed by atoms with E-state index in [1.807, 2.05) is 70.2 Å². The Kier molecular flexibility index (Phi) is 12.8. The first-order valence-electron chi connectivity index (χ1n) is 13.3. The minimum Gasteiger partial charge on any atom is -0.350 e. The van der Waals surface area contributed by atoms with E-state index < -0.39 is 36.0 Å². The number of carbonyl (C=O) groups excluding carboxylic acids is 3. The predicted octanol–water partition coefficient (Wildman–Crippen LogP) is 3.42. The SMILES string of the molecule is CC(C)CN(NC(=O)[C@H](C(C)C)[C@H](C/C=C/c1ccccc1)C(=O)NOC1CCCCO1)C(=O)[C@@H](C)N. The number of nitrogens with one attached hydrogen (secondary N) is 2. The van der Waals surface area contributed by atoms with Crippen molar-refractivity contribution in [3.8, 4) is 0 Å². The Balaban J connectivity index is 2.25. The third-order valence-corrected chi connectivity index (χ3v) is 6.17. The number of rotatable bonds is 12. The second-order valence-electron chi connectivity index (χ2n) is 10.4. The molecule has 9 heteroatoms. The quantitative estimate of drug-likeness (QED) is 0.366. The number of amides is 3. The summed E-state index contributed by atoms with van der Waals surface area (Å²) in [6.07, 6.45) is 6.22. The van der Waals surface area contributed by atoms with E-state index in [4.69, 9.17) is 15.3 Å². The van der Waals surface area contributed by atoms with Crippen LogP contribution in [0, 0.1) is 23.7 Å². The molecule has 4 N–H and O–H groups in total. The summed E-state index contributed by atoms with van der Waals surface area (Å²) in [6, 6.07) is 8.96. The highest BCUT2D eigenvalue weighted by Gasteiger charge is 2.37. The Morgan fingerprint density at radius 3 is 2.38 bits per heavy atom. The summed E-state index contributed by atoms with van der Waals surface area (Å²) in [5.41, 5.74) is 12.1. The molecule has 1 aliphatic rings. The minimum absolute atomic E-state index is 0.109. The van der Waals surface area contributed by atoms with Gasteiger partial charge in [0.05, 0.1) is 17.9 Å². The number of hydrazine groups is 1. The van der Waals surface area contributed by atoms with Gasteiger partial charge in [0.25, 0.3) is 5.91 Å². The maximum Gasteiger partial charge on any atom is 0.257 e. The molecule has 1 aromatic carbocycles. The number of allylic oxidation sites excluding steroid dienone is 1. The Labute approximate surface area is 221 Å².